The molecule has 0 saturated carbocycles. The summed E-state index contributed by atoms with van der Waals surface area (Å²) in [5.41, 5.74) is 7.28. The molecular formula is C23H34ClN5O. The molecule has 0 aliphatic carbocycles. The Kier molecular flexibility index (Phi) is 7.31. The lowest BCUT2D eigenvalue weighted by molar-refractivity contribution is -0.115. The number of nitrogens with zero attached hydrogens (tertiary/aromatic N) is 3. The van der Waals surface area contributed by atoms with Crippen molar-refractivity contribution in [2.45, 2.75) is 50.9 Å². The van der Waals surface area contributed by atoms with Gasteiger partial charge in [0.1, 0.15) is 0 Å². The van der Waals surface area contributed by atoms with E-state index in [9.17, 15) is 4.79 Å². The summed E-state index contributed by atoms with van der Waals surface area (Å²) in [7, 11) is 0. The molecule has 4 rings (SSSR count). The van der Waals surface area contributed by atoms with Gasteiger partial charge in [-0.3, -0.25) is 19.5 Å². The minimum absolute atomic E-state index is 0.231. The number of carbonyl (C=O) groups is 1. The Bertz CT molecular complexity index is 762. The van der Waals surface area contributed by atoms with Crippen LogP contribution in [0.4, 0.5) is 0 Å². The fourth-order valence-electron chi connectivity index (χ4n) is 5.09. The topological polar surface area (TPSA) is 64.8 Å². The maximum absolute atomic E-state index is 11.5. The summed E-state index contributed by atoms with van der Waals surface area (Å²) in [5, 5.41) is 4.23. The molecule has 164 valence electrons. The smallest absolute Gasteiger partial charge is 0.264 e. The van der Waals surface area contributed by atoms with E-state index in [1.165, 1.54) is 24.8 Å². The zero-order valence-corrected chi connectivity index (χ0v) is 18.5. The van der Waals surface area contributed by atoms with Crippen LogP contribution in [-0.2, 0) is 11.3 Å². The van der Waals surface area contributed by atoms with Crippen molar-refractivity contribution in [2.24, 2.45) is 5.73 Å². The molecule has 1 aromatic rings. The van der Waals surface area contributed by atoms with Gasteiger partial charge in [-0.15, -0.1) is 0 Å². The van der Waals surface area contributed by atoms with Crippen molar-refractivity contribution in [2.75, 3.05) is 39.3 Å². The average Bonchev–Trinajstić information content (AvgIpc) is 3.02. The minimum Gasteiger partial charge on any atom is -0.365 e. The monoisotopic (exact) mass is 431 g/mol. The van der Waals surface area contributed by atoms with Gasteiger partial charge in [0, 0.05) is 37.2 Å². The van der Waals surface area contributed by atoms with Crippen molar-refractivity contribution in [3.8, 4) is 0 Å². The maximum atomic E-state index is 11.5. The van der Waals surface area contributed by atoms with Gasteiger partial charge in [0.05, 0.1) is 11.9 Å². The van der Waals surface area contributed by atoms with E-state index in [0.29, 0.717) is 11.7 Å². The van der Waals surface area contributed by atoms with Crippen molar-refractivity contribution in [1.82, 2.24) is 20.0 Å². The normalized spacial score (nSPS) is 25.4. The first-order chi connectivity index (χ1) is 14.6. The van der Waals surface area contributed by atoms with Crippen LogP contribution in [0.1, 0.15) is 37.7 Å². The van der Waals surface area contributed by atoms with Crippen LogP contribution in [0.2, 0.25) is 5.02 Å². The minimum atomic E-state index is -0.348. The summed E-state index contributed by atoms with van der Waals surface area (Å²) in [4.78, 5) is 19.3. The van der Waals surface area contributed by atoms with Crippen molar-refractivity contribution >= 4 is 17.5 Å². The number of hydrogen-bond donors (Lipinski definition) is 2. The molecule has 0 aromatic heterocycles. The number of piperidine rings is 1. The SMILES string of the molecule is NC(=O)C1=CCCC(N2CCCN(C3CCN(Cc4ccccc4Cl)CC3)CC2)N1. The maximum Gasteiger partial charge on any atom is 0.264 e. The van der Waals surface area contributed by atoms with E-state index in [1.54, 1.807) is 0 Å². The molecule has 2 fully saturated rings. The van der Waals surface area contributed by atoms with Crippen LogP contribution >= 0.6 is 11.6 Å². The van der Waals surface area contributed by atoms with Crippen molar-refractivity contribution in [1.29, 1.82) is 0 Å². The molecule has 0 radical (unpaired) electrons. The lowest BCUT2D eigenvalue weighted by Gasteiger charge is -2.38. The molecule has 1 amide bonds. The predicted octanol–water partition coefficient (Wildman–Crippen LogP) is 2.39. The van der Waals surface area contributed by atoms with Gasteiger partial charge in [-0.05, 0) is 63.4 Å². The van der Waals surface area contributed by atoms with E-state index in [2.05, 4.69) is 32.1 Å². The lowest BCUT2D eigenvalue weighted by atomic mass is 10.0. The zero-order chi connectivity index (χ0) is 20.9. The molecule has 3 heterocycles. The summed E-state index contributed by atoms with van der Waals surface area (Å²) >= 11 is 6.34. The molecule has 3 N–H and O–H groups in total. The third kappa shape index (κ3) is 5.35. The number of benzene rings is 1. The highest BCUT2D eigenvalue weighted by Gasteiger charge is 2.29. The van der Waals surface area contributed by atoms with E-state index in [4.69, 9.17) is 17.3 Å². The highest BCUT2D eigenvalue weighted by atomic mass is 35.5. The molecule has 1 aromatic carbocycles. The molecule has 7 heteroatoms. The van der Waals surface area contributed by atoms with Crippen LogP contribution in [0, 0.1) is 0 Å². The number of allylic oxidation sites excluding steroid dienone is 1. The number of nitrogens with one attached hydrogen (secondary N) is 1. The summed E-state index contributed by atoms with van der Waals surface area (Å²) in [6.07, 6.45) is 7.74. The summed E-state index contributed by atoms with van der Waals surface area (Å²) < 4.78 is 0. The van der Waals surface area contributed by atoms with Crippen LogP contribution < -0.4 is 11.1 Å². The van der Waals surface area contributed by atoms with E-state index >= 15 is 0 Å². The Morgan fingerprint density at radius 2 is 1.77 bits per heavy atom. The molecule has 6 nitrogen and oxygen atoms in total. The van der Waals surface area contributed by atoms with Crippen LogP contribution in [0.5, 0.6) is 0 Å². The highest BCUT2D eigenvalue weighted by Crippen LogP contribution is 2.23. The van der Waals surface area contributed by atoms with Gasteiger partial charge in [-0.25, -0.2) is 0 Å². The first-order valence-corrected chi connectivity index (χ1v) is 11.7. The van der Waals surface area contributed by atoms with Crippen molar-refractivity contribution in [3.05, 3.63) is 46.6 Å². The molecular weight excluding hydrogens is 398 g/mol. The average molecular weight is 432 g/mol. The molecule has 1 atom stereocenters. The molecule has 30 heavy (non-hydrogen) atoms. The fourth-order valence-corrected chi connectivity index (χ4v) is 5.28. The molecule has 1 unspecified atom stereocenters. The number of primary amides is 1. The van der Waals surface area contributed by atoms with Gasteiger partial charge in [-0.1, -0.05) is 35.9 Å². The van der Waals surface area contributed by atoms with E-state index in [1.807, 2.05) is 18.2 Å². The first kappa shape index (κ1) is 21.6. The second-order valence-electron chi connectivity index (χ2n) is 8.74. The van der Waals surface area contributed by atoms with Gasteiger partial charge >= 0.3 is 0 Å². The number of nitrogens with two attached hydrogens (primary N) is 1. The molecule has 2 saturated heterocycles. The number of likely N-dealkylation sites (tertiary alicyclic amines) is 1. The zero-order valence-electron chi connectivity index (χ0n) is 17.7. The fraction of sp³-hybridized carbons (Fsp3) is 0.609. The van der Waals surface area contributed by atoms with Crippen LogP contribution in [0.15, 0.2) is 36.0 Å². The Hall–Kier alpha value is -1.60. The van der Waals surface area contributed by atoms with Crippen LogP contribution in [0.25, 0.3) is 0 Å². The van der Waals surface area contributed by atoms with Crippen LogP contribution in [0.3, 0.4) is 0 Å². The number of hydrogen-bond acceptors (Lipinski definition) is 5. The number of amides is 1. The molecule has 3 aliphatic rings. The van der Waals surface area contributed by atoms with E-state index < -0.39 is 0 Å². The summed E-state index contributed by atoms with van der Waals surface area (Å²) in [5.74, 6) is -0.348. The van der Waals surface area contributed by atoms with E-state index in [-0.39, 0.29) is 12.1 Å². The van der Waals surface area contributed by atoms with E-state index in [0.717, 1.165) is 63.7 Å². The molecule has 0 spiro atoms. The highest BCUT2D eigenvalue weighted by molar-refractivity contribution is 6.31. The van der Waals surface area contributed by atoms with Gasteiger partial charge in [0.25, 0.3) is 5.91 Å². The number of halogens is 1. The predicted molar refractivity (Wildman–Crippen MR) is 121 cm³/mol. The van der Waals surface area contributed by atoms with Gasteiger partial charge in [0.15, 0.2) is 0 Å². The quantitative estimate of drug-likeness (QED) is 0.749. The third-order valence-electron chi connectivity index (χ3n) is 6.81. The van der Waals surface area contributed by atoms with Crippen molar-refractivity contribution < 1.29 is 4.79 Å². The van der Waals surface area contributed by atoms with Crippen LogP contribution in [-0.4, -0.2) is 72.1 Å². The standard InChI is InChI=1S/C23H34ClN5O/c24-20-6-2-1-5-18(20)17-27-13-9-19(10-14-27)28-11-4-12-29(16-15-28)22-8-3-7-21(26-22)23(25)30/h1-2,5-7,19,22,26H,3-4,8-17H2,(H2,25,30). The van der Waals surface area contributed by atoms with Crippen molar-refractivity contribution in [3.63, 3.8) is 0 Å². The number of carbonyl (C=O) groups excluding carboxylic acids is 1. The summed E-state index contributed by atoms with van der Waals surface area (Å²) in [6, 6.07) is 8.86. The summed E-state index contributed by atoms with van der Waals surface area (Å²) in [6.45, 7) is 7.60. The third-order valence-corrected chi connectivity index (χ3v) is 7.18. The largest absolute Gasteiger partial charge is 0.365 e. The molecule has 0 bridgehead atoms. The van der Waals surface area contributed by atoms with Gasteiger partial charge in [-0.2, -0.15) is 0 Å². The second kappa shape index (κ2) is 10.1. The Morgan fingerprint density at radius 3 is 2.53 bits per heavy atom. The second-order valence-corrected chi connectivity index (χ2v) is 9.15. The Labute approximate surface area is 185 Å². The van der Waals surface area contributed by atoms with Gasteiger partial charge < -0.3 is 11.1 Å². The lowest BCUT2D eigenvalue weighted by Crippen LogP contribution is -2.50. The Morgan fingerprint density at radius 1 is 1.03 bits per heavy atom. The number of rotatable bonds is 5. The molecule has 3 aliphatic heterocycles. The Balaban J connectivity index is 1.25. The first-order valence-electron chi connectivity index (χ1n) is 11.3. The van der Waals surface area contributed by atoms with Gasteiger partial charge in [0.2, 0.25) is 0 Å².